The summed E-state index contributed by atoms with van der Waals surface area (Å²) in [4.78, 5) is 11.9. The van der Waals surface area contributed by atoms with Crippen molar-refractivity contribution in [2.45, 2.75) is 0 Å². The summed E-state index contributed by atoms with van der Waals surface area (Å²) >= 11 is 11.7. The number of hydrogen-bond acceptors (Lipinski definition) is 1. The third-order valence-electron chi connectivity index (χ3n) is 2.44. The molecule has 19 heavy (non-hydrogen) atoms. The van der Waals surface area contributed by atoms with Crippen LogP contribution in [0.25, 0.3) is 6.08 Å². The van der Waals surface area contributed by atoms with Crippen LogP contribution in [0.5, 0.6) is 0 Å². The molecule has 0 bridgehead atoms. The highest BCUT2D eigenvalue weighted by Gasteiger charge is 2.04. The van der Waals surface area contributed by atoms with E-state index in [-0.39, 0.29) is 11.6 Å². The first-order valence-corrected chi connectivity index (χ1v) is 6.24. The van der Waals surface area contributed by atoms with Gasteiger partial charge in [0.1, 0.15) is 5.82 Å². The first-order chi connectivity index (χ1) is 9.04. The third-order valence-corrected chi connectivity index (χ3v) is 2.88. The van der Waals surface area contributed by atoms with Crippen molar-refractivity contribution in [2.24, 2.45) is 0 Å². The van der Waals surface area contributed by atoms with Gasteiger partial charge in [0.2, 0.25) is 0 Å². The molecule has 0 fully saturated rings. The van der Waals surface area contributed by atoms with Crippen LogP contribution in [0.3, 0.4) is 0 Å². The lowest BCUT2D eigenvalue weighted by molar-refractivity contribution is 0.104. The van der Waals surface area contributed by atoms with E-state index in [0.29, 0.717) is 15.6 Å². The van der Waals surface area contributed by atoms with Gasteiger partial charge in [0.15, 0.2) is 5.78 Å². The fourth-order valence-electron chi connectivity index (χ4n) is 1.54. The van der Waals surface area contributed by atoms with Gasteiger partial charge in [-0.05, 0) is 42.0 Å². The molecular weight excluding hydrogens is 286 g/mol. The van der Waals surface area contributed by atoms with Crippen molar-refractivity contribution in [1.29, 1.82) is 0 Å². The van der Waals surface area contributed by atoms with Crippen LogP contribution in [0.4, 0.5) is 4.39 Å². The van der Waals surface area contributed by atoms with Crippen LogP contribution in [0, 0.1) is 5.82 Å². The molecule has 2 aromatic carbocycles. The Kier molecular flexibility index (Phi) is 4.35. The Labute approximate surface area is 120 Å². The van der Waals surface area contributed by atoms with Gasteiger partial charge in [0.25, 0.3) is 0 Å². The van der Waals surface area contributed by atoms with Crippen LogP contribution in [0.15, 0.2) is 48.5 Å². The number of allylic oxidation sites excluding steroid dienone is 1. The molecule has 96 valence electrons. The molecule has 0 aliphatic carbocycles. The molecule has 0 radical (unpaired) electrons. The van der Waals surface area contributed by atoms with Crippen LogP contribution < -0.4 is 0 Å². The summed E-state index contributed by atoms with van der Waals surface area (Å²) in [5.41, 5.74) is 1.15. The Balaban J connectivity index is 2.18. The van der Waals surface area contributed by atoms with Gasteiger partial charge in [-0.25, -0.2) is 4.39 Å². The number of carbonyl (C=O) groups excluding carboxylic acids is 1. The van der Waals surface area contributed by atoms with Gasteiger partial charge in [0, 0.05) is 15.6 Å². The highest BCUT2D eigenvalue weighted by molar-refractivity contribution is 6.35. The third kappa shape index (κ3) is 3.91. The zero-order valence-corrected chi connectivity index (χ0v) is 11.3. The van der Waals surface area contributed by atoms with E-state index >= 15 is 0 Å². The minimum atomic E-state index is -0.315. The van der Waals surface area contributed by atoms with E-state index in [1.807, 2.05) is 0 Å². The fraction of sp³-hybridized carbons (Fsp3) is 0. The molecule has 2 rings (SSSR count). The monoisotopic (exact) mass is 294 g/mol. The van der Waals surface area contributed by atoms with E-state index in [1.165, 1.54) is 18.2 Å². The zero-order chi connectivity index (χ0) is 13.8. The van der Waals surface area contributed by atoms with E-state index in [9.17, 15) is 9.18 Å². The number of ketones is 1. The van der Waals surface area contributed by atoms with Gasteiger partial charge >= 0.3 is 0 Å². The van der Waals surface area contributed by atoms with Gasteiger partial charge in [-0.15, -0.1) is 0 Å². The summed E-state index contributed by atoms with van der Waals surface area (Å²) in [6.45, 7) is 0. The highest BCUT2D eigenvalue weighted by atomic mass is 35.5. The Bertz CT molecular complexity index is 613. The minimum absolute atomic E-state index is 0.214. The van der Waals surface area contributed by atoms with Crippen LogP contribution in [0.2, 0.25) is 10.0 Å². The molecule has 0 aliphatic rings. The summed E-state index contributed by atoms with van der Waals surface area (Å²) in [6.07, 6.45) is 3.01. The van der Waals surface area contributed by atoms with Crippen molar-refractivity contribution in [2.75, 3.05) is 0 Å². The van der Waals surface area contributed by atoms with Crippen molar-refractivity contribution in [1.82, 2.24) is 0 Å². The maximum Gasteiger partial charge on any atom is 0.185 e. The molecule has 0 aliphatic heterocycles. The molecule has 0 unspecified atom stereocenters. The lowest BCUT2D eigenvalue weighted by Gasteiger charge is -1.99. The van der Waals surface area contributed by atoms with Crippen LogP contribution in [-0.4, -0.2) is 5.78 Å². The molecule has 0 heterocycles. The van der Waals surface area contributed by atoms with Gasteiger partial charge in [-0.3, -0.25) is 4.79 Å². The normalized spacial score (nSPS) is 10.9. The van der Waals surface area contributed by atoms with E-state index in [1.54, 1.807) is 36.4 Å². The molecule has 0 N–H and O–H groups in total. The average molecular weight is 295 g/mol. The second-order valence-corrected chi connectivity index (χ2v) is 4.78. The first-order valence-electron chi connectivity index (χ1n) is 5.49. The number of halogens is 3. The summed E-state index contributed by atoms with van der Waals surface area (Å²) in [5, 5.41) is 0.817. The van der Waals surface area contributed by atoms with Crippen molar-refractivity contribution in [3.8, 4) is 0 Å². The van der Waals surface area contributed by atoms with E-state index in [4.69, 9.17) is 23.2 Å². The molecule has 0 atom stereocenters. The van der Waals surface area contributed by atoms with Gasteiger partial charge in [0.05, 0.1) is 0 Å². The molecule has 2 aromatic rings. The topological polar surface area (TPSA) is 17.1 Å². The number of hydrogen-bond donors (Lipinski definition) is 0. The Morgan fingerprint density at radius 1 is 1.00 bits per heavy atom. The maximum absolute atomic E-state index is 12.7. The standard InChI is InChI=1S/C15H9Cl2FO/c16-12-7-11(8-13(17)9-12)15(19)6-3-10-1-4-14(18)5-2-10/h1-9H/b6-3+. The molecule has 0 amide bonds. The molecule has 0 aromatic heterocycles. The molecular formula is C15H9Cl2FO. The first kappa shape index (κ1) is 13.8. The Morgan fingerprint density at radius 2 is 1.58 bits per heavy atom. The molecule has 4 heteroatoms. The summed E-state index contributed by atoms with van der Waals surface area (Å²) in [7, 11) is 0. The quantitative estimate of drug-likeness (QED) is 0.573. The van der Waals surface area contributed by atoms with E-state index in [2.05, 4.69) is 0 Å². The van der Waals surface area contributed by atoms with Crippen molar-refractivity contribution in [3.63, 3.8) is 0 Å². The van der Waals surface area contributed by atoms with E-state index in [0.717, 1.165) is 5.56 Å². The highest BCUT2D eigenvalue weighted by Crippen LogP contribution is 2.19. The number of carbonyl (C=O) groups is 1. The Hall–Kier alpha value is -1.64. The van der Waals surface area contributed by atoms with Crippen LogP contribution in [-0.2, 0) is 0 Å². The number of rotatable bonds is 3. The van der Waals surface area contributed by atoms with Gasteiger partial charge < -0.3 is 0 Å². The van der Waals surface area contributed by atoms with Crippen molar-refractivity contribution in [3.05, 3.63) is 75.5 Å². The second kappa shape index (κ2) is 6.00. The largest absolute Gasteiger partial charge is 0.289 e. The summed E-state index contributed by atoms with van der Waals surface area (Å²) in [5.74, 6) is -0.529. The van der Waals surface area contributed by atoms with Crippen LogP contribution >= 0.6 is 23.2 Å². The number of benzene rings is 2. The van der Waals surface area contributed by atoms with E-state index < -0.39 is 0 Å². The molecule has 0 saturated heterocycles. The lowest BCUT2D eigenvalue weighted by atomic mass is 10.1. The van der Waals surface area contributed by atoms with Crippen LogP contribution in [0.1, 0.15) is 15.9 Å². The summed E-state index contributed by atoms with van der Waals surface area (Å²) in [6, 6.07) is 10.5. The zero-order valence-electron chi connectivity index (χ0n) is 9.74. The molecule has 1 nitrogen and oxygen atoms in total. The minimum Gasteiger partial charge on any atom is -0.289 e. The SMILES string of the molecule is O=C(/C=C/c1ccc(F)cc1)c1cc(Cl)cc(Cl)c1. The van der Waals surface area contributed by atoms with Crippen molar-refractivity contribution >= 4 is 35.1 Å². The lowest BCUT2D eigenvalue weighted by Crippen LogP contribution is -1.94. The predicted octanol–water partition coefficient (Wildman–Crippen LogP) is 5.03. The molecule has 0 spiro atoms. The fourth-order valence-corrected chi connectivity index (χ4v) is 2.06. The average Bonchev–Trinajstić information content (AvgIpc) is 2.36. The predicted molar refractivity (Wildman–Crippen MR) is 76.2 cm³/mol. The smallest absolute Gasteiger partial charge is 0.185 e. The Morgan fingerprint density at radius 3 is 2.16 bits per heavy atom. The van der Waals surface area contributed by atoms with Gasteiger partial charge in [-0.1, -0.05) is 41.4 Å². The van der Waals surface area contributed by atoms with Crippen molar-refractivity contribution < 1.29 is 9.18 Å². The maximum atomic E-state index is 12.7. The van der Waals surface area contributed by atoms with Gasteiger partial charge in [-0.2, -0.15) is 0 Å². The summed E-state index contributed by atoms with van der Waals surface area (Å²) < 4.78 is 12.7. The second-order valence-electron chi connectivity index (χ2n) is 3.91. The molecule has 0 saturated carbocycles.